The van der Waals surface area contributed by atoms with Gasteiger partial charge in [0.05, 0.1) is 13.2 Å². The van der Waals surface area contributed by atoms with E-state index in [4.69, 9.17) is 16.3 Å². The van der Waals surface area contributed by atoms with Crippen LogP contribution in [0.1, 0.15) is 13.3 Å². The molecule has 0 bridgehead atoms. The maximum Gasteiger partial charge on any atom is 0.243 e. The molecule has 0 spiro atoms. The molecule has 0 aliphatic carbocycles. The Bertz CT molecular complexity index is 614. The molecule has 0 unspecified atom stereocenters. The molecule has 2 N–H and O–H groups in total. The molecule has 0 atom stereocenters. The van der Waals surface area contributed by atoms with Gasteiger partial charge >= 0.3 is 0 Å². The van der Waals surface area contributed by atoms with Crippen molar-refractivity contribution in [2.45, 2.75) is 13.3 Å². The molecule has 4 nitrogen and oxygen atoms in total. The predicted octanol–water partition coefficient (Wildman–Crippen LogP) is 4.18. The summed E-state index contributed by atoms with van der Waals surface area (Å²) in [6, 6.07) is 14.6. The lowest BCUT2D eigenvalue weighted by molar-refractivity contribution is -0.114. The van der Waals surface area contributed by atoms with Gasteiger partial charge in [-0.3, -0.25) is 4.79 Å². The zero-order valence-electron chi connectivity index (χ0n) is 12.4. The maximum atomic E-state index is 11.9. The first-order chi connectivity index (χ1) is 10.7. The minimum absolute atomic E-state index is 0.123. The summed E-state index contributed by atoms with van der Waals surface area (Å²) in [6.45, 7) is 2.89. The number of rotatable bonds is 7. The second kappa shape index (κ2) is 8.29. The molecule has 0 aromatic heterocycles. The Morgan fingerprint density at radius 1 is 1.14 bits per heavy atom. The molecular weight excluding hydrogens is 300 g/mol. The summed E-state index contributed by atoms with van der Waals surface area (Å²) in [5.41, 5.74) is 1.57. The fraction of sp³-hybridized carbons (Fsp3) is 0.235. The van der Waals surface area contributed by atoms with Gasteiger partial charge in [-0.25, -0.2) is 0 Å². The first-order valence-electron chi connectivity index (χ1n) is 7.19. The van der Waals surface area contributed by atoms with E-state index in [9.17, 15) is 4.79 Å². The summed E-state index contributed by atoms with van der Waals surface area (Å²) < 4.78 is 5.54. The highest BCUT2D eigenvalue weighted by Crippen LogP contribution is 2.17. The highest BCUT2D eigenvalue weighted by molar-refractivity contribution is 6.30. The van der Waals surface area contributed by atoms with Crippen molar-refractivity contribution in [3.8, 4) is 5.75 Å². The molecule has 2 rings (SSSR count). The summed E-state index contributed by atoms with van der Waals surface area (Å²) in [5.74, 6) is 0.632. The van der Waals surface area contributed by atoms with Gasteiger partial charge in [-0.2, -0.15) is 0 Å². The summed E-state index contributed by atoms with van der Waals surface area (Å²) in [7, 11) is 0. The first-order valence-corrected chi connectivity index (χ1v) is 7.57. The van der Waals surface area contributed by atoms with Gasteiger partial charge in [-0.1, -0.05) is 24.6 Å². The van der Waals surface area contributed by atoms with Crippen LogP contribution in [0.5, 0.6) is 5.75 Å². The largest absolute Gasteiger partial charge is 0.494 e. The number of halogens is 1. The van der Waals surface area contributed by atoms with E-state index in [0.29, 0.717) is 11.6 Å². The first kappa shape index (κ1) is 16.2. The number of anilines is 2. The summed E-state index contributed by atoms with van der Waals surface area (Å²) >= 11 is 5.81. The van der Waals surface area contributed by atoms with E-state index in [0.717, 1.165) is 23.5 Å². The molecule has 0 aliphatic rings. The van der Waals surface area contributed by atoms with Gasteiger partial charge in [0.2, 0.25) is 5.91 Å². The van der Waals surface area contributed by atoms with Crippen molar-refractivity contribution in [2.24, 2.45) is 0 Å². The molecule has 0 heterocycles. The van der Waals surface area contributed by atoms with Crippen molar-refractivity contribution in [1.82, 2.24) is 0 Å². The summed E-state index contributed by atoms with van der Waals surface area (Å²) in [6.07, 6.45) is 0.946. The van der Waals surface area contributed by atoms with Crippen LogP contribution in [0.4, 0.5) is 11.4 Å². The van der Waals surface area contributed by atoms with Gasteiger partial charge in [0.25, 0.3) is 0 Å². The molecule has 0 saturated carbocycles. The van der Waals surface area contributed by atoms with Gasteiger partial charge < -0.3 is 15.4 Å². The van der Waals surface area contributed by atoms with Gasteiger partial charge in [0.15, 0.2) is 0 Å². The number of carbonyl (C=O) groups excluding carboxylic acids is 1. The van der Waals surface area contributed by atoms with Crippen molar-refractivity contribution in [2.75, 3.05) is 23.8 Å². The Kier molecular flexibility index (Phi) is 6.10. The van der Waals surface area contributed by atoms with Crippen LogP contribution in [0.15, 0.2) is 48.5 Å². The van der Waals surface area contributed by atoms with E-state index < -0.39 is 0 Å². The van der Waals surface area contributed by atoms with Crippen LogP contribution >= 0.6 is 11.6 Å². The van der Waals surface area contributed by atoms with Crippen LogP contribution in [0.2, 0.25) is 5.02 Å². The Morgan fingerprint density at radius 3 is 2.64 bits per heavy atom. The van der Waals surface area contributed by atoms with Crippen LogP contribution in [-0.2, 0) is 4.79 Å². The highest BCUT2D eigenvalue weighted by Gasteiger charge is 2.03. The Labute approximate surface area is 135 Å². The fourth-order valence-corrected chi connectivity index (χ4v) is 1.96. The van der Waals surface area contributed by atoms with E-state index in [1.807, 2.05) is 43.3 Å². The highest BCUT2D eigenvalue weighted by atomic mass is 35.5. The van der Waals surface area contributed by atoms with Gasteiger partial charge in [0, 0.05) is 22.5 Å². The van der Waals surface area contributed by atoms with Gasteiger partial charge in [-0.15, -0.1) is 0 Å². The fourth-order valence-electron chi connectivity index (χ4n) is 1.84. The second-order valence-electron chi connectivity index (χ2n) is 4.78. The van der Waals surface area contributed by atoms with Crippen LogP contribution in [-0.4, -0.2) is 19.1 Å². The van der Waals surface area contributed by atoms with E-state index in [-0.39, 0.29) is 12.5 Å². The molecule has 1 amide bonds. The molecule has 2 aromatic carbocycles. The number of hydrogen-bond donors (Lipinski definition) is 2. The zero-order chi connectivity index (χ0) is 15.8. The minimum Gasteiger partial charge on any atom is -0.494 e. The third-order valence-electron chi connectivity index (χ3n) is 2.89. The Balaban J connectivity index is 1.85. The predicted molar refractivity (Wildman–Crippen MR) is 90.8 cm³/mol. The second-order valence-corrected chi connectivity index (χ2v) is 5.22. The van der Waals surface area contributed by atoms with Crippen molar-refractivity contribution >= 4 is 28.9 Å². The van der Waals surface area contributed by atoms with E-state index >= 15 is 0 Å². The normalized spacial score (nSPS) is 10.1. The Hall–Kier alpha value is -2.20. The lowest BCUT2D eigenvalue weighted by Crippen LogP contribution is -2.21. The molecule has 0 saturated heterocycles. The number of hydrogen-bond acceptors (Lipinski definition) is 3. The van der Waals surface area contributed by atoms with Gasteiger partial charge in [0.1, 0.15) is 5.75 Å². The van der Waals surface area contributed by atoms with Gasteiger partial charge in [-0.05, 0) is 42.8 Å². The molecule has 22 heavy (non-hydrogen) atoms. The number of amides is 1. The van der Waals surface area contributed by atoms with Crippen LogP contribution < -0.4 is 15.4 Å². The number of carbonyl (C=O) groups is 1. The standard InChI is InChI=1S/C17H19ClN2O2/c1-2-10-22-16-5-3-4-15(11-16)20-17(21)12-19-14-8-6-13(18)7-9-14/h3-9,11,19H,2,10,12H2,1H3,(H,20,21). The molecule has 2 aromatic rings. The molecular formula is C17H19ClN2O2. The quantitative estimate of drug-likeness (QED) is 0.805. The molecule has 116 valence electrons. The van der Waals surface area contributed by atoms with Crippen molar-refractivity contribution in [3.63, 3.8) is 0 Å². The SMILES string of the molecule is CCCOc1cccc(NC(=O)CNc2ccc(Cl)cc2)c1. The minimum atomic E-state index is -0.123. The van der Waals surface area contributed by atoms with Crippen molar-refractivity contribution in [3.05, 3.63) is 53.6 Å². The number of ether oxygens (including phenoxy) is 1. The van der Waals surface area contributed by atoms with Crippen LogP contribution in [0.3, 0.4) is 0 Å². The molecule has 0 fully saturated rings. The van der Waals surface area contributed by atoms with Crippen molar-refractivity contribution in [1.29, 1.82) is 0 Å². The topological polar surface area (TPSA) is 50.4 Å². The molecule has 0 aliphatic heterocycles. The lowest BCUT2D eigenvalue weighted by Gasteiger charge is -2.10. The average Bonchev–Trinajstić information content (AvgIpc) is 2.53. The van der Waals surface area contributed by atoms with Crippen LogP contribution in [0, 0.1) is 0 Å². The third-order valence-corrected chi connectivity index (χ3v) is 3.14. The summed E-state index contributed by atoms with van der Waals surface area (Å²) in [4.78, 5) is 11.9. The number of nitrogens with one attached hydrogen (secondary N) is 2. The maximum absolute atomic E-state index is 11.9. The zero-order valence-corrected chi connectivity index (χ0v) is 13.2. The van der Waals surface area contributed by atoms with Crippen LogP contribution in [0.25, 0.3) is 0 Å². The lowest BCUT2D eigenvalue weighted by atomic mass is 10.3. The van der Waals surface area contributed by atoms with E-state index in [1.165, 1.54) is 0 Å². The average molecular weight is 319 g/mol. The molecule has 5 heteroatoms. The van der Waals surface area contributed by atoms with E-state index in [2.05, 4.69) is 10.6 Å². The van der Waals surface area contributed by atoms with E-state index in [1.54, 1.807) is 12.1 Å². The Morgan fingerprint density at radius 2 is 1.91 bits per heavy atom. The number of benzene rings is 2. The summed E-state index contributed by atoms with van der Waals surface area (Å²) in [5, 5.41) is 6.54. The third kappa shape index (κ3) is 5.30. The smallest absolute Gasteiger partial charge is 0.243 e. The molecule has 0 radical (unpaired) electrons. The monoisotopic (exact) mass is 318 g/mol. The van der Waals surface area contributed by atoms with Crippen molar-refractivity contribution < 1.29 is 9.53 Å².